The third-order valence-corrected chi connectivity index (χ3v) is 3.35. The smallest absolute Gasteiger partial charge is 0.239 e. The number of carbonyl (C=O) groups is 1. The molecule has 2 rings (SSSR count). The number of ether oxygens (including phenoxy) is 1. The molecular weight excluding hydrogens is 240 g/mol. The molecule has 0 spiro atoms. The van der Waals surface area contributed by atoms with Gasteiger partial charge in [-0.05, 0) is 31.5 Å². The largest absolute Gasteiger partial charge is 0.492 e. The number of carbonyl (C=O) groups excluding carboxylic acids is 1. The molecule has 1 saturated heterocycles. The molecule has 0 radical (unpaired) electrons. The van der Waals surface area contributed by atoms with E-state index in [9.17, 15) is 4.79 Å². The molecular formula is C15H22N2O2. The second-order valence-electron chi connectivity index (χ2n) is 4.74. The number of benzene rings is 1. The first kappa shape index (κ1) is 13.9. The minimum Gasteiger partial charge on any atom is -0.492 e. The summed E-state index contributed by atoms with van der Waals surface area (Å²) in [4.78, 5) is 14.1. The molecule has 1 amide bonds. The Kier molecular flexibility index (Phi) is 5.21. The summed E-state index contributed by atoms with van der Waals surface area (Å²) in [6, 6.07) is 9.71. The first-order valence-corrected chi connectivity index (χ1v) is 7.01. The summed E-state index contributed by atoms with van der Waals surface area (Å²) < 4.78 is 5.64. The van der Waals surface area contributed by atoms with Gasteiger partial charge in [-0.25, -0.2) is 0 Å². The Morgan fingerprint density at radius 2 is 2.16 bits per heavy atom. The lowest BCUT2D eigenvalue weighted by Gasteiger charge is -2.32. The van der Waals surface area contributed by atoms with Crippen molar-refractivity contribution in [1.82, 2.24) is 10.2 Å². The highest BCUT2D eigenvalue weighted by atomic mass is 16.5. The number of likely N-dealkylation sites (tertiary alicyclic amines) is 1. The molecule has 1 heterocycles. The van der Waals surface area contributed by atoms with E-state index in [2.05, 4.69) is 5.32 Å². The number of amides is 1. The van der Waals surface area contributed by atoms with Crippen LogP contribution in [0.1, 0.15) is 19.8 Å². The van der Waals surface area contributed by atoms with Gasteiger partial charge in [0.15, 0.2) is 0 Å². The topological polar surface area (TPSA) is 41.6 Å². The first-order chi connectivity index (χ1) is 9.31. The Morgan fingerprint density at radius 1 is 1.37 bits per heavy atom. The maximum absolute atomic E-state index is 12.2. The predicted octanol–water partition coefficient (Wildman–Crippen LogP) is 1.67. The van der Waals surface area contributed by atoms with Crippen LogP contribution in [-0.2, 0) is 4.79 Å². The summed E-state index contributed by atoms with van der Waals surface area (Å²) in [7, 11) is 0. The standard InChI is InChI=1S/C15H22N2O2/c1-2-16-14-9-6-10-17(15(14)18)11-12-19-13-7-4-3-5-8-13/h3-5,7-8,14,16H,2,6,9-12H2,1H3. The van der Waals surface area contributed by atoms with E-state index >= 15 is 0 Å². The molecule has 0 saturated carbocycles. The Hall–Kier alpha value is -1.55. The number of hydrogen-bond donors (Lipinski definition) is 1. The van der Waals surface area contributed by atoms with Crippen molar-refractivity contribution in [3.8, 4) is 5.75 Å². The average Bonchev–Trinajstić information content (AvgIpc) is 2.44. The van der Waals surface area contributed by atoms with Crippen LogP contribution in [-0.4, -0.2) is 43.1 Å². The van der Waals surface area contributed by atoms with E-state index in [1.807, 2.05) is 42.2 Å². The van der Waals surface area contributed by atoms with Gasteiger partial charge in [0.2, 0.25) is 5.91 Å². The van der Waals surface area contributed by atoms with Crippen LogP contribution in [0.15, 0.2) is 30.3 Å². The third kappa shape index (κ3) is 3.96. The van der Waals surface area contributed by atoms with Crippen LogP contribution < -0.4 is 10.1 Å². The van der Waals surface area contributed by atoms with Crippen LogP contribution in [0.3, 0.4) is 0 Å². The van der Waals surface area contributed by atoms with Crippen LogP contribution in [0.25, 0.3) is 0 Å². The molecule has 1 atom stereocenters. The summed E-state index contributed by atoms with van der Waals surface area (Å²) >= 11 is 0. The molecule has 1 aromatic carbocycles. The van der Waals surface area contributed by atoms with Crippen LogP contribution in [0.2, 0.25) is 0 Å². The zero-order valence-electron chi connectivity index (χ0n) is 11.5. The van der Waals surface area contributed by atoms with Crippen molar-refractivity contribution in [2.75, 3.05) is 26.2 Å². The molecule has 1 N–H and O–H groups in total. The SMILES string of the molecule is CCNC1CCCN(CCOc2ccccc2)C1=O. The molecule has 1 aromatic rings. The van der Waals surface area contributed by atoms with Crippen molar-refractivity contribution >= 4 is 5.91 Å². The van der Waals surface area contributed by atoms with E-state index < -0.39 is 0 Å². The molecule has 0 aromatic heterocycles. The fourth-order valence-electron chi connectivity index (χ4n) is 2.39. The van der Waals surface area contributed by atoms with Gasteiger partial charge in [0, 0.05) is 6.54 Å². The second kappa shape index (κ2) is 7.14. The molecule has 19 heavy (non-hydrogen) atoms. The highest BCUT2D eigenvalue weighted by Gasteiger charge is 2.27. The van der Waals surface area contributed by atoms with Gasteiger partial charge in [0.1, 0.15) is 12.4 Å². The minimum atomic E-state index is -0.00419. The summed E-state index contributed by atoms with van der Waals surface area (Å²) in [5.74, 6) is 1.07. The lowest BCUT2D eigenvalue weighted by molar-refractivity contribution is -0.136. The van der Waals surface area contributed by atoms with Crippen LogP contribution in [0, 0.1) is 0 Å². The van der Waals surface area contributed by atoms with Gasteiger partial charge >= 0.3 is 0 Å². The Bertz CT molecular complexity index is 392. The van der Waals surface area contributed by atoms with E-state index in [1.165, 1.54) is 0 Å². The molecule has 4 heteroatoms. The lowest BCUT2D eigenvalue weighted by atomic mass is 10.0. The zero-order chi connectivity index (χ0) is 13.5. The quantitative estimate of drug-likeness (QED) is 0.848. The fraction of sp³-hybridized carbons (Fsp3) is 0.533. The molecule has 1 fully saturated rings. The van der Waals surface area contributed by atoms with Gasteiger partial charge in [0.25, 0.3) is 0 Å². The Labute approximate surface area is 114 Å². The summed E-state index contributed by atoms with van der Waals surface area (Å²) in [5, 5.41) is 3.24. The monoisotopic (exact) mass is 262 g/mol. The van der Waals surface area contributed by atoms with Crippen LogP contribution in [0.5, 0.6) is 5.75 Å². The zero-order valence-corrected chi connectivity index (χ0v) is 11.5. The van der Waals surface area contributed by atoms with Crippen molar-refractivity contribution in [3.63, 3.8) is 0 Å². The minimum absolute atomic E-state index is 0.00419. The summed E-state index contributed by atoms with van der Waals surface area (Å²) in [6.07, 6.45) is 2.01. The van der Waals surface area contributed by atoms with Gasteiger partial charge in [-0.3, -0.25) is 4.79 Å². The third-order valence-electron chi connectivity index (χ3n) is 3.35. The van der Waals surface area contributed by atoms with E-state index in [0.717, 1.165) is 31.7 Å². The molecule has 4 nitrogen and oxygen atoms in total. The average molecular weight is 262 g/mol. The highest BCUT2D eigenvalue weighted by molar-refractivity contribution is 5.82. The van der Waals surface area contributed by atoms with Gasteiger partial charge in [-0.1, -0.05) is 25.1 Å². The Balaban J connectivity index is 1.77. The van der Waals surface area contributed by atoms with Crippen molar-refractivity contribution in [3.05, 3.63) is 30.3 Å². The van der Waals surface area contributed by atoms with E-state index in [0.29, 0.717) is 13.2 Å². The van der Waals surface area contributed by atoms with Gasteiger partial charge in [-0.15, -0.1) is 0 Å². The van der Waals surface area contributed by atoms with Gasteiger partial charge in [0.05, 0.1) is 12.6 Å². The van der Waals surface area contributed by atoms with E-state index in [1.54, 1.807) is 0 Å². The molecule has 104 valence electrons. The maximum Gasteiger partial charge on any atom is 0.239 e. The molecule has 1 aliphatic heterocycles. The number of likely N-dealkylation sites (N-methyl/N-ethyl adjacent to an activating group) is 1. The summed E-state index contributed by atoms with van der Waals surface area (Å²) in [5.41, 5.74) is 0. The van der Waals surface area contributed by atoms with Gasteiger partial charge in [-0.2, -0.15) is 0 Å². The van der Waals surface area contributed by atoms with Crippen molar-refractivity contribution in [2.45, 2.75) is 25.8 Å². The molecule has 1 unspecified atom stereocenters. The van der Waals surface area contributed by atoms with Crippen molar-refractivity contribution in [2.24, 2.45) is 0 Å². The van der Waals surface area contributed by atoms with E-state index in [4.69, 9.17) is 4.74 Å². The second-order valence-corrected chi connectivity index (χ2v) is 4.74. The van der Waals surface area contributed by atoms with Gasteiger partial charge < -0.3 is 15.0 Å². The molecule has 1 aliphatic rings. The van der Waals surface area contributed by atoms with Crippen LogP contribution in [0.4, 0.5) is 0 Å². The first-order valence-electron chi connectivity index (χ1n) is 7.01. The number of piperidine rings is 1. The van der Waals surface area contributed by atoms with Crippen LogP contribution >= 0.6 is 0 Å². The van der Waals surface area contributed by atoms with E-state index in [-0.39, 0.29) is 11.9 Å². The fourth-order valence-corrected chi connectivity index (χ4v) is 2.39. The highest BCUT2D eigenvalue weighted by Crippen LogP contribution is 2.12. The number of nitrogens with zero attached hydrogens (tertiary/aromatic N) is 1. The number of nitrogens with one attached hydrogen (secondary N) is 1. The normalized spacial score (nSPS) is 19.5. The summed E-state index contributed by atoms with van der Waals surface area (Å²) in [6.45, 7) is 4.93. The van der Waals surface area contributed by atoms with Crippen molar-refractivity contribution in [1.29, 1.82) is 0 Å². The number of hydrogen-bond acceptors (Lipinski definition) is 3. The Morgan fingerprint density at radius 3 is 2.89 bits per heavy atom. The number of para-hydroxylation sites is 1. The van der Waals surface area contributed by atoms with Crippen molar-refractivity contribution < 1.29 is 9.53 Å². The molecule has 0 bridgehead atoms. The lowest BCUT2D eigenvalue weighted by Crippen LogP contribution is -2.51. The number of rotatable bonds is 6. The molecule has 0 aliphatic carbocycles. The predicted molar refractivity (Wildman–Crippen MR) is 75.2 cm³/mol. The maximum atomic E-state index is 12.2.